The maximum Gasteiger partial charge on any atom is 0.209 e. The molecule has 1 aromatic carbocycles. The highest BCUT2D eigenvalue weighted by Gasteiger charge is 2.39. The predicted octanol–water partition coefficient (Wildman–Crippen LogP) is 1.84. The van der Waals surface area contributed by atoms with E-state index < -0.39 is 5.60 Å². The largest absolute Gasteiger partial charge is 0.478 e. The first-order chi connectivity index (χ1) is 5.61. The average molecular weight is 161 g/mol. The Labute approximate surface area is 71.2 Å². The molecule has 0 fully saturated rings. The van der Waals surface area contributed by atoms with Crippen LogP contribution in [0.1, 0.15) is 24.2 Å². The molecular weight excluding hydrogens is 152 g/mol. The highest BCUT2D eigenvalue weighted by Crippen LogP contribution is 2.33. The Kier molecular flexibility index (Phi) is 1.28. The van der Waals surface area contributed by atoms with Crippen LogP contribution in [0.15, 0.2) is 18.2 Å². The second kappa shape index (κ2) is 2.09. The number of fused-ring (bicyclic) bond motifs is 1. The number of Topliss-reactive ketones (excluding diaryl/α,β-unsaturated/α-hetero) is 1. The Morgan fingerprint density at radius 3 is 2.92 bits per heavy atom. The second-order valence-electron chi connectivity index (χ2n) is 3.35. The van der Waals surface area contributed by atoms with Gasteiger partial charge in [-0.25, -0.2) is 0 Å². The van der Waals surface area contributed by atoms with Crippen LogP contribution in [0.3, 0.4) is 0 Å². The summed E-state index contributed by atoms with van der Waals surface area (Å²) in [6.07, 6.45) is 0. The smallest absolute Gasteiger partial charge is 0.209 e. The maximum atomic E-state index is 11.6. The van der Waals surface area contributed by atoms with Gasteiger partial charge in [0.25, 0.3) is 0 Å². The van der Waals surface area contributed by atoms with Gasteiger partial charge in [-0.2, -0.15) is 0 Å². The van der Waals surface area contributed by atoms with Gasteiger partial charge in [0.1, 0.15) is 5.75 Å². The normalized spacial score (nSPS) is 18.7. The first-order valence-electron chi connectivity index (χ1n) is 3.86. The van der Waals surface area contributed by atoms with Gasteiger partial charge in [-0.05, 0) is 19.9 Å². The molecule has 0 saturated carbocycles. The number of hydrogen-bond donors (Lipinski definition) is 0. The molecule has 1 heterocycles. The van der Waals surface area contributed by atoms with Crippen LogP contribution in [0.2, 0.25) is 0 Å². The van der Waals surface area contributed by atoms with Crippen molar-refractivity contribution in [1.29, 1.82) is 0 Å². The molecule has 0 bridgehead atoms. The number of rotatable bonds is 0. The fraction of sp³-hybridized carbons (Fsp3) is 0.300. The van der Waals surface area contributed by atoms with Crippen molar-refractivity contribution < 1.29 is 9.53 Å². The summed E-state index contributed by atoms with van der Waals surface area (Å²) in [5, 5.41) is 0. The van der Waals surface area contributed by atoms with Gasteiger partial charge in [0.15, 0.2) is 5.60 Å². The molecule has 0 amide bonds. The van der Waals surface area contributed by atoms with Gasteiger partial charge in [-0.1, -0.05) is 12.1 Å². The summed E-state index contributed by atoms with van der Waals surface area (Å²) < 4.78 is 5.40. The van der Waals surface area contributed by atoms with Crippen molar-refractivity contribution in [1.82, 2.24) is 0 Å². The van der Waals surface area contributed by atoms with Crippen molar-refractivity contribution in [3.8, 4) is 5.75 Å². The molecule has 0 atom stereocenters. The lowest BCUT2D eigenvalue weighted by Crippen LogP contribution is -2.31. The SMILES string of the molecule is CC1(C)Oc2[c]cccc2C1=O. The zero-order valence-electron chi connectivity index (χ0n) is 7.05. The van der Waals surface area contributed by atoms with E-state index in [9.17, 15) is 4.79 Å². The molecule has 2 nitrogen and oxygen atoms in total. The van der Waals surface area contributed by atoms with E-state index in [-0.39, 0.29) is 5.78 Å². The minimum atomic E-state index is -0.708. The van der Waals surface area contributed by atoms with E-state index in [1.54, 1.807) is 32.0 Å². The molecule has 1 aliphatic rings. The van der Waals surface area contributed by atoms with E-state index in [1.165, 1.54) is 0 Å². The fourth-order valence-electron chi connectivity index (χ4n) is 1.31. The summed E-state index contributed by atoms with van der Waals surface area (Å²) in [6.45, 7) is 3.53. The molecule has 0 N–H and O–H groups in total. The lowest BCUT2D eigenvalue weighted by Gasteiger charge is -2.14. The van der Waals surface area contributed by atoms with Crippen LogP contribution in [0.25, 0.3) is 0 Å². The number of benzene rings is 1. The van der Waals surface area contributed by atoms with Crippen LogP contribution in [0.4, 0.5) is 0 Å². The van der Waals surface area contributed by atoms with Crippen LogP contribution < -0.4 is 4.74 Å². The summed E-state index contributed by atoms with van der Waals surface area (Å²) in [6, 6.07) is 8.20. The Hall–Kier alpha value is -1.31. The standard InChI is InChI=1S/C10H9O2/c1-10(2)9(11)7-5-3-4-6-8(7)12-10/h3-5H,1-2H3. The minimum Gasteiger partial charge on any atom is -0.478 e. The molecule has 0 saturated heterocycles. The monoisotopic (exact) mass is 161 g/mol. The minimum absolute atomic E-state index is 0.0364. The Bertz CT molecular complexity index is 339. The quantitative estimate of drug-likeness (QED) is 0.580. The van der Waals surface area contributed by atoms with E-state index in [0.29, 0.717) is 11.3 Å². The molecule has 0 aromatic heterocycles. The van der Waals surface area contributed by atoms with Crippen molar-refractivity contribution >= 4 is 5.78 Å². The number of hydrogen-bond acceptors (Lipinski definition) is 2. The van der Waals surface area contributed by atoms with Gasteiger partial charge < -0.3 is 4.74 Å². The van der Waals surface area contributed by atoms with Crippen molar-refractivity contribution in [2.45, 2.75) is 19.4 Å². The topological polar surface area (TPSA) is 26.3 Å². The van der Waals surface area contributed by atoms with Crippen molar-refractivity contribution in [2.75, 3.05) is 0 Å². The molecule has 1 radical (unpaired) electrons. The number of carbonyl (C=O) groups excluding carboxylic acids is 1. The molecular formula is C10H9O2. The first kappa shape index (κ1) is 7.35. The lowest BCUT2D eigenvalue weighted by molar-refractivity contribution is 0.0684. The number of ether oxygens (including phenoxy) is 1. The van der Waals surface area contributed by atoms with Crippen LogP contribution in [-0.4, -0.2) is 11.4 Å². The van der Waals surface area contributed by atoms with Crippen LogP contribution in [-0.2, 0) is 0 Å². The van der Waals surface area contributed by atoms with E-state index in [0.717, 1.165) is 0 Å². The zero-order chi connectivity index (χ0) is 8.77. The summed E-state index contributed by atoms with van der Waals surface area (Å²) in [7, 11) is 0. The number of carbonyl (C=O) groups is 1. The first-order valence-corrected chi connectivity index (χ1v) is 3.86. The molecule has 61 valence electrons. The van der Waals surface area contributed by atoms with Crippen molar-refractivity contribution in [3.05, 3.63) is 29.8 Å². The van der Waals surface area contributed by atoms with Crippen LogP contribution in [0, 0.1) is 6.07 Å². The molecule has 2 heteroatoms. The third-order valence-electron chi connectivity index (χ3n) is 1.97. The highest BCUT2D eigenvalue weighted by molar-refractivity contribution is 6.06. The van der Waals surface area contributed by atoms with Crippen LogP contribution >= 0.6 is 0 Å². The maximum absolute atomic E-state index is 11.6. The van der Waals surface area contributed by atoms with Crippen molar-refractivity contribution in [3.63, 3.8) is 0 Å². The molecule has 1 aliphatic heterocycles. The van der Waals surface area contributed by atoms with Gasteiger partial charge >= 0.3 is 0 Å². The van der Waals surface area contributed by atoms with Gasteiger partial charge in [-0.3, -0.25) is 4.79 Å². The molecule has 1 aromatic rings. The second-order valence-corrected chi connectivity index (χ2v) is 3.35. The van der Waals surface area contributed by atoms with E-state index in [1.807, 2.05) is 0 Å². The number of ketones is 1. The van der Waals surface area contributed by atoms with Gasteiger partial charge in [0.05, 0.1) is 5.56 Å². The fourth-order valence-corrected chi connectivity index (χ4v) is 1.31. The summed E-state index contributed by atoms with van der Waals surface area (Å²) in [4.78, 5) is 11.6. The summed E-state index contributed by atoms with van der Waals surface area (Å²) in [5.41, 5.74) is -0.0669. The Morgan fingerprint density at radius 2 is 2.25 bits per heavy atom. The summed E-state index contributed by atoms with van der Waals surface area (Å²) >= 11 is 0. The van der Waals surface area contributed by atoms with Crippen LogP contribution in [0.5, 0.6) is 5.75 Å². The van der Waals surface area contributed by atoms with Gasteiger partial charge in [0, 0.05) is 6.07 Å². The third-order valence-corrected chi connectivity index (χ3v) is 1.97. The van der Waals surface area contributed by atoms with Gasteiger partial charge in [-0.15, -0.1) is 0 Å². The average Bonchev–Trinajstić information content (AvgIpc) is 2.24. The molecule has 0 aliphatic carbocycles. The third kappa shape index (κ3) is 0.843. The summed E-state index contributed by atoms with van der Waals surface area (Å²) in [5.74, 6) is 0.613. The van der Waals surface area contributed by atoms with Crippen molar-refractivity contribution in [2.24, 2.45) is 0 Å². The Morgan fingerprint density at radius 1 is 1.50 bits per heavy atom. The lowest BCUT2D eigenvalue weighted by atomic mass is 10.0. The zero-order valence-corrected chi connectivity index (χ0v) is 7.05. The van der Waals surface area contributed by atoms with E-state index in [2.05, 4.69) is 6.07 Å². The predicted molar refractivity (Wildman–Crippen MR) is 44.3 cm³/mol. The molecule has 12 heavy (non-hydrogen) atoms. The molecule has 0 unspecified atom stereocenters. The molecule has 2 rings (SSSR count). The molecule has 0 spiro atoms. The van der Waals surface area contributed by atoms with Gasteiger partial charge in [0.2, 0.25) is 5.78 Å². The Balaban J connectivity index is 2.57. The highest BCUT2D eigenvalue weighted by atomic mass is 16.5. The van der Waals surface area contributed by atoms with E-state index >= 15 is 0 Å². The number of para-hydroxylation sites is 1. The van der Waals surface area contributed by atoms with E-state index in [4.69, 9.17) is 4.74 Å².